The molecule has 0 aliphatic heterocycles. The van der Waals surface area contributed by atoms with E-state index in [0.717, 1.165) is 10.5 Å². The highest BCUT2D eigenvalue weighted by Crippen LogP contribution is 2.29. The van der Waals surface area contributed by atoms with E-state index in [4.69, 9.17) is 0 Å². The molecule has 0 aromatic heterocycles. The zero-order valence-corrected chi connectivity index (χ0v) is 12.2. The molecule has 0 heterocycles. The van der Waals surface area contributed by atoms with Crippen LogP contribution in [0, 0.1) is 5.82 Å². The minimum atomic E-state index is -0.500. The highest BCUT2D eigenvalue weighted by Gasteiger charge is 2.29. The van der Waals surface area contributed by atoms with Crippen molar-refractivity contribution in [3.63, 3.8) is 0 Å². The lowest BCUT2D eigenvalue weighted by molar-refractivity contribution is 0.187. The van der Waals surface area contributed by atoms with Crippen molar-refractivity contribution in [2.75, 3.05) is 19.4 Å². The molecule has 1 unspecified atom stereocenters. The van der Waals surface area contributed by atoms with Gasteiger partial charge in [0.25, 0.3) is 0 Å². The van der Waals surface area contributed by atoms with E-state index in [1.807, 2.05) is 37.4 Å². The fraction of sp³-hybridized carbons (Fsp3) is 0.250. The van der Waals surface area contributed by atoms with Gasteiger partial charge in [0.1, 0.15) is 5.82 Å². The first-order valence-electron chi connectivity index (χ1n) is 6.44. The fourth-order valence-corrected chi connectivity index (χ4v) is 3.15. The Bertz CT molecular complexity index is 526. The van der Waals surface area contributed by atoms with Gasteiger partial charge in [-0.1, -0.05) is 30.3 Å². The zero-order chi connectivity index (χ0) is 14.4. The predicted octanol–water partition coefficient (Wildman–Crippen LogP) is 3.03. The molecule has 1 atom stereocenters. The minimum absolute atomic E-state index is 0.00169. The molecule has 0 radical (unpaired) electrons. The summed E-state index contributed by atoms with van der Waals surface area (Å²) in [4.78, 5) is 0.982. The second-order valence-corrected chi connectivity index (χ2v) is 5.65. The Balaban J connectivity index is 2.15. The van der Waals surface area contributed by atoms with Crippen LogP contribution >= 0.6 is 11.8 Å². The minimum Gasteiger partial charge on any atom is -0.394 e. The molecular formula is C16H18FNOS. The van der Waals surface area contributed by atoms with Gasteiger partial charge in [0.05, 0.1) is 12.1 Å². The van der Waals surface area contributed by atoms with Crippen molar-refractivity contribution in [3.8, 4) is 0 Å². The summed E-state index contributed by atoms with van der Waals surface area (Å²) in [5.41, 5.74) is 0.542. The van der Waals surface area contributed by atoms with Crippen molar-refractivity contribution < 1.29 is 9.50 Å². The van der Waals surface area contributed by atoms with E-state index in [2.05, 4.69) is 5.32 Å². The standard InChI is InChI=1S/C16H18FNOS/c1-18-16(11-19,13-5-3-2-4-6-13)12-20-15-9-7-14(17)8-10-15/h2-10,18-19H,11-12H2,1H3. The molecule has 0 aliphatic rings. The first-order valence-corrected chi connectivity index (χ1v) is 7.42. The van der Waals surface area contributed by atoms with Crippen molar-refractivity contribution in [3.05, 3.63) is 66.0 Å². The van der Waals surface area contributed by atoms with Crippen LogP contribution in [0.3, 0.4) is 0 Å². The number of aliphatic hydroxyl groups excluding tert-OH is 1. The number of benzene rings is 2. The van der Waals surface area contributed by atoms with Gasteiger partial charge in [0.15, 0.2) is 0 Å². The van der Waals surface area contributed by atoms with Crippen LogP contribution in [0.4, 0.5) is 4.39 Å². The monoisotopic (exact) mass is 291 g/mol. The van der Waals surface area contributed by atoms with E-state index < -0.39 is 5.54 Å². The van der Waals surface area contributed by atoms with E-state index in [9.17, 15) is 9.50 Å². The molecule has 0 spiro atoms. The summed E-state index contributed by atoms with van der Waals surface area (Å²) >= 11 is 1.59. The first kappa shape index (κ1) is 15.0. The van der Waals surface area contributed by atoms with E-state index in [1.54, 1.807) is 23.9 Å². The normalized spacial score (nSPS) is 13.9. The maximum atomic E-state index is 12.9. The van der Waals surface area contributed by atoms with Gasteiger partial charge in [-0.3, -0.25) is 0 Å². The Hall–Kier alpha value is -1.36. The molecule has 2 aromatic carbocycles. The summed E-state index contributed by atoms with van der Waals surface area (Å²) in [6.45, 7) is 0.00169. The van der Waals surface area contributed by atoms with Gasteiger partial charge in [-0.2, -0.15) is 0 Å². The summed E-state index contributed by atoms with van der Waals surface area (Å²) < 4.78 is 12.9. The van der Waals surface area contributed by atoms with Crippen LogP contribution in [-0.2, 0) is 5.54 Å². The zero-order valence-electron chi connectivity index (χ0n) is 11.3. The van der Waals surface area contributed by atoms with Crippen LogP contribution in [-0.4, -0.2) is 24.5 Å². The summed E-state index contributed by atoms with van der Waals surface area (Å²) in [6.07, 6.45) is 0. The van der Waals surface area contributed by atoms with Crippen LogP contribution in [0.25, 0.3) is 0 Å². The highest BCUT2D eigenvalue weighted by molar-refractivity contribution is 7.99. The molecule has 4 heteroatoms. The lowest BCUT2D eigenvalue weighted by atomic mass is 9.93. The van der Waals surface area contributed by atoms with Gasteiger partial charge in [0.2, 0.25) is 0 Å². The number of hydrogen-bond donors (Lipinski definition) is 2. The number of halogens is 1. The second kappa shape index (κ2) is 6.88. The lowest BCUT2D eigenvalue weighted by Gasteiger charge is -2.32. The first-order chi connectivity index (χ1) is 9.70. The molecule has 0 saturated heterocycles. The van der Waals surface area contributed by atoms with E-state index in [0.29, 0.717) is 5.75 Å². The number of nitrogens with one attached hydrogen (secondary N) is 1. The average Bonchev–Trinajstić information content (AvgIpc) is 2.51. The van der Waals surface area contributed by atoms with E-state index in [1.165, 1.54) is 12.1 Å². The molecule has 106 valence electrons. The van der Waals surface area contributed by atoms with Crippen LogP contribution < -0.4 is 5.32 Å². The molecule has 0 fully saturated rings. The third kappa shape index (κ3) is 3.39. The average molecular weight is 291 g/mol. The quantitative estimate of drug-likeness (QED) is 0.802. The van der Waals surface area contributed by atoms with Crippen LogP contribution in [0.1, 0.15) is 5.56 Å². The number of thioether (sulfide) groups is 1. The van der Waals surface area contributed by atoms with E-state index >= 15 is 0 Å². The summed E-state index contributed by atoms with van der Waals surface area (Å²) in [5, 5.41) is 13.0. The van der Waals surface area contributed by atoms with Gasteiger partial charge < -0.3 is 10.4 Å². The van der Waals surface area contributed by atoms with Gasteiger partial charge in [0, 0.05) is 10.6 Å². The maximum absolute atomic E-state index is 12.9. The largest absolute Gasteiger partial charge is 0.394 e. The van der Waals surface area contributed by atoms with Crippen molar-refractivity contribution in [2.24, 2.45) is 0 Å². The van der Waals surface area contributed by atoms with E-state index in [-0.39, 0.29) is 12.4 Å². The van der Waals surface area contributed by atoms with Crippen molar-refractivity contribution in [1.29, 1.82) is 0 Å². The Labute approximate surface area is 123 Å². The summed E-state index contributed by atoms with van der Waals surface area (Å²) in [5.74, 6) is 0.426. The number of likely N-dealkylation sites (N-methyl/N-ethyl adjacent to an activating group) is 1. The lowest BCUT2D eigenvalue weighted by Crippen LogP contribution is -2.45. The number of aliphatic hydroxyl groups is 1. The third-order valence-corrected chi connectivity index (χ3v) is 4.62. The SMILES string of the molecule is CNC(CO)(CSc1ccc(F)cc1)c1ccccc1. The summed E-state index contributed by atoms with van der Waals surface area (Å²) in [6, 6.07) is 16.3. The molecule has 2 N–H and O–H groups in total. The molecule has 20 heavy (non-hydrogen) atoms. The van der Waals surface area contributed by atoms with Crippen LogP contribution in [0.5, 0.6) is 0 Å². The molecule has 0 aliphatic carbocycles. The molecule has 0 saturated carbocycles. The third-order valence-electron chi connectivity index (χ3n) is 3.37. The molecule has 0 amide bonds. The predicted molar refractivity (Wildman–Crippen MR) is 81.4 cm³/mol. The van der Waals surface area contributed by atoms with Gasteiger partial charge in [-0.15, -0.1) is 11.8 Å². The molecular weight excluding hydrogens is 273 g/mol. The Morgan fingerprint density at radius 1 is 1.10 bits per heavy atom. The molecule has 0 bridgehead atoms. The van der Waals surface area contributed by atoms with Gasteiger partial charge in [-0.05, 0) is 36.9 Å². The molecule has 2 aromatic rings. The highest BCUT2D eigenvalue weighted by atomic mass is 32.2. The Kier molecular flexibility index (Phi) is 5.17. The van der Waals surface area contributed by atoms with Crippen LogP contribution in [0.2, 0.25) is 0 Å². The topological polar surface area (TPSA) is 32.3 Å². The molecule has 2 nitrogen and oxygen atoms in total. The smallest absolute Gasteiger partial charge is 0.123 e. The number of rotatable bonds is 6. The Morgan fingerprint density at radius 3 is 2.30 bits per heavy atom. The van der Waals surface area contributed by atoms with Crippen molar-refractivity contribution in [2.45, 2.75) is 10.4 Å². The van der Waals surface area contributed by atoms with Gasteiger partial charge in [-0.25, -0.2) is 4.39 Å². The fourth-order valence-electron chi connectivity index (χ4n) is 2.01. The molecule has 2 rings (SSSR count). The van der Waals surface area contributed by atoms with Crippen LogP contribution in [0.15, 0.2) is 59.5 Å². The van der Waals surface area contributed by atoms with Gasteiger partial charge >= 0.3 is 0 Å². The van der Waals surface area contributed by atoms with Crippen molar-refractivity contribution >= 4 is 11.8 Å². The van der Waals surface area contributed by atoms with Crippen molar-refractivity contribution in [1.82, 2.24) is 5.32 Å². The maximum Gasteiger partial charge on any atom is 0.123 e. The summed E-state index contributed by atoms with van der Waals surface area (Å²) in [7, 11) is 1.84. The second-order valence-electron chi connectivity index (χ2n) is 4.60. The number of hydrogen-bond acceptors (Lipinski definition) is 3. The Morgan fingerprint density at radius 2 is 1.75 bits per heavy atom.